The topological polar surface area (TPSA) is 50.8 Å². The van der Waals surface area contributed by atoms with Crippen molar-refractivity contribution in [3.05, 3.63) is 24.3 Å². The molecule has 2 aliphatic heterocycles. The van der Waals surface area contributed by atoms with Crippen LogP contribution in [0, 0.1) is 5.92 Å². The van der Waals surface area contributed by atoms with Crippen LogP contribution in [0.15, 0.2) is 24.3 Å². The van der Waals surface area contributed by atoms with Crippen LogP contribution in [0.2, 0.25) is 0 Å². The molecule has 3 rings (SSSR count). The molecule has 0 radical (unpaired) electrons. The van der Waals surface area contributed by atoms with Crippen molar-refractivity contribution in [3.8, 4) is 5.75 Å². The number of ether oxygens (including phenoxy) is 2. The van der Waals surface area contributed by atoms with Gasteiger partial charge in [0.25, 0.3) is 0 Å². The molecule has 0 aromatic heterocycles. The van der Waals surface area contributed by atoms with Gasteiger partial charge in [0.05, 0.1) is 6.10 Å². The van der Waals surface area contributed by atoms with Crippen LogP contribution in [-0.2, 0) is 4.74 Å². The predicted octanol–water partition coefficient (Wildman–Crippen LogP) is 3.85. The van der Waals surface area contributed by atoms with E-state index in [0.717, 1.165) is 62.7 Å². The number of urea groups is 1. The van der Waals surface area contributed by atoms with E-state index in [4.69, 9.17) is 9.47 Å². The average Bonchev–Trinajstić information content (AvgIpc) is 3.15. The van der Waals surface area contributed by atoms with Gasteiger partial charge in [0.2, 0.25) is 0 Å². The Hall–Kier alpha value is -1.40. The van der Waals surface area contributed by atoms with Crippen molar-refractivity contribution < 1.29 is 14.3 Å². The van der Waals surface area contributed by atoms with Gasteiger partial charge in [-0.2, -0.15) is 11.8 Å². The van der Waals surface area contributed by atoms with Crippen molar-refractivity contribution >= 4 is 23.5 Å². The molecule has 0 aliphatic carbocycles. The zero-order chi connectivity index (χ0) is 17.5. The summed E-state index contributed by atoms with van der Waals surface area (Å²) in [6, 6.07) is 7.58. The molecule has 0 saturated carbocycles. The summed E-state index contributed by atoms with van der Waals surface area (Å²) in [4.78, 5) is 14.3. The number of piperidine rings is 1. The highest BCUT2D eigenvalue weighted by atomic mass is 32.2. The maximum absolute atomic E-state index is 12.4. The number of likely N-dealkylation sites (tertiary alicyclic amines) is 1. The lowest BCUT2D eigenvalue weighted by atomic mass is 9.99. The molecule has 25 heavy (non-hydrogen) atoms. The lowest BCUT2D eigenvalue weighted by Crippen LogP contribution is -2.41. The highest BCUT2D eigenvalue weighted by molar-refractivity contribution is 7.98. The van der Waals surface area contributed by atoms with Crippen LogP contribution in [0.25, 0.3) is 0 Å². The van der Waals surface area contributed by atoms with Gasteiger partial charge >= 0.3 is 6.03 Å². The van der Waals surface area contributed by atoms with Crippen LogP contribution < -0.4 is 10.1 Å². The molecule has 1 atom stereocenters. The molecule has 6 heteroatoms. The van der Waals surface area contributed by atoms with Gasteiger partial charge in [0, 0.05) is 25.4 Å². The summed E-state index contributed by atoms with van der Waals surface area (Å²) in [5.41, 5.74) is 0.806. The minimum Gasteiger partial charge on any atom is -0.491 e. The van der Waals surface area contributed by atoms with E-state index < -0.39 is 0 Å². The highest BCUT2D eigenvalue weighted by Crippen LogP contribution is 2.22. The monoisotopic (exact) mass is 364 g/mol. The Labute approximate surface area is 154 Å². The third-order valence-corrected chi connectivity index (χ3v) is 5.67. The number of nitrogens with one attached hydrogen (secondary N) is 1. The van der Waals surface area contributed by atoms with E-state index in [1.54, 1.807) is 0 Å². The fourth-order valence-corrected chi connectivity index (χ4v) is 4.15. The molecule has 0 bridgehead atoms. The number of rotatable bonds is 6. The van der Waals surface area contributed by atoms with Crippen molar-refractivity contribution in [3.63, 3.8) is 0 Å². The van der Waals surface area contributed by atoms with E-state index in [1.165, 1.54) is 5.75 Å². The van der Waals surface area contributed by atoms with E-state index in [2.05, 4.69) is 11.6 Å². The maximum Gasteiger partial charge on any atom is 0.321 e. The van der Waals surface area contributed by atoms with E-state index in [-0.39, 0.29) is 12.1 Å². The van der Waals surface area contributed by atoms with Crippen LogP contribution in [0.1, 0.15) is 25.7 Å². The van der Waals surface area contributed by atoms with Gasteiger partial charge in [0.15, 0.2) is 0 Å². The summed E-state index contributed by atoms with van der Waals surface area (Å²) in [7, 11) is 0. The SMILES string of the molecule is CSCC1CCN(C(=O)Nc2ccc(OC[C@@H]3CCCO3)cc2)CC1. The molecule has 0 spiro atoms. The van der Waals surface area contributed by atoms with Crippen LogP contribution >= 0.6 is 11.8 Å². The fourth-order valence-electron chi connectivity index (χ4n) is 3.34. The molecule has 0 unspecified atom stereocenters. The number of amides is 2. The molecule has 2 amide bonds. The van der Waals surface area contributed by atoms with Crippen LogP contribution in [0.5, 0.6) is 5.75 Å². The number of thioether (sulfide) groups is 1. The van der Waals surface area contributed by atoms with Crippen LogP contribution in [0.4, 0.5) is 10.5 Å². The van der Waals surface area contributed by atoms with Crippen molar-refractivity contribution in [2.75, 3.05) is 43.6 Å². The highest BCUT2D eigenvalue weighted by Gasteiger charge is 2.22. The molecular formula is C19H28N2O3S. The quantitative estimate of drug-likeness (QED) is 0.833. The van der Waals surface area contributed by atoms with Gasteiger partial charge in [0.1, 0.15) is 12.4 Å². The van der Waals surface area contributed by atoms with Gasteiger partial charge in [-0.05, 0) is 67.9 Å². The first-order valence-electron chi connectivity index (χ1n) is 9.14. The number of benzene rings is 1. The Morgan fingerprint density at radius 2 is 2.04 bits per heavy atom. The van der Waals surface area contributed by atoms with Crippen molar-refractivity contribution in [2.45, 2.75) is 31.8 Å². The number of carbonyl (C=O) groups is 1. The summed E-state index contributed by atoms with van der Waals surface area (Å²) >= 11 is 1.89. The summed E-state index contributed by atoms with van der Waals surface area (Å²) in [5.74, 6) is 2.76. The molecule has 5 nitrogen and oxygen atoms in total. The molecule has 1 aromatic carbocycles. The van der Waals surface area contributed by atoms with Gasteiger partial charge in [-0.3, -0.25) is 0 Å². The minimum absolute atomic E-state index is 0.00405. The Morgan fingerprint density at radius 3 is 2.68 bits per heavy atom. The first-order chi connectivity index (χ1) is 12.2. The molecule has 2 fully saturated rings. The third-order valence-electron chi connectivity index (χ3n) is 4.87. The van der Waals surface area contributed by atoms with Crippen molar-refractivity contribution in [1.29, 1.82) is 0 Å². The number of hydrogen-bond donors (Lipinski definition) is 1. The molecular weight excluding hydrogens is 336 g/mol. The second-order valence-corrected chi connectivity index (χ2v) is 7.70. The van der Waals surface area contributed by atoms with E-state index in [9.17, 15) is 4.79 Å². The normalized spacial score (nSPS) is 21.3. The number of nitrogens with zero attached hydrogens (tertiary/aromatic N) is 1. The fraction of sp³-hybridized carbons (Fsp3) is 0.632. The number of anilines is 1. The Balaban J connectivity index is 1.42. The number of carbonyl (C=O) groups excluding carboxylic acids is 1. The summed E-state index contributed by atoms with van der Waals surface area (Å²) in [5, 5.41) is 2.98. The molecule has 138 valence electrons. The molecule has 1 N–H and O–H groups in total. The van der Waals surface area contributed by atoms with Gasteiger partial charge < -0.3 is 19.7 Å². The van der Waals surface area contributed by atoms with Gasteiger partial charge in [-0.1, -0.05) is 0 Å². The second-order valence-electron chi connectivity index (χ2n) is 6.79. The zero-order valence-corrected chi connectivity index (χ0v) is 15.7. The molecule has 2 aliphatic rings. The van der Waals surface area contributed by atoms with Crippen molar-refractivity contribution in [2.24, 2.45) is 5.92 Å². The van der Waals surface area contributed by atoms with Crippen LogP contribution in [-0.4, -0.2) is 55.3 Å². The Bertz CT molecular complexity index is 538. The lowest BCUT2D eigenvalue weighted by Gasteiger charge is -2.31. The summed E-state index contributed by atoms with van der Waals surface area (Å²) in [6.45, 7) is 3.13. The predicted molar refractivity (Wildman–Crippen MR) is 103 cm³/mol. The van der Waals surface area contributed by atoms with E-state index in [1.807, 2.05) is 40.9 Å². The summed E-state index contributed by atoms with van der Waals surface area (Å²) in [6.07, 6.45) is 6.75. The Kier molecular flexibility index (Phi) is 6.87. The van der Waals surface area contributed by atoms with Crippen molar-refractivity contribution in [1.82, 2.24) is 4.90 Å². The van der Waals surface area contributed by atoms with Gasteiger partial charge in [-0.25, -0.2) is 4.79 Å². The van der Waals surface area contributed by atoms with Gasteiger partial charge in [-0.15, -0.1) is 0 Å². The summed E-state index contributed by atoms with van der Waals surface area (Å²) < 4.78 is 11.3. The largest absolute Gasteiger partial charge is 0.491 e. The third kappa shape index (κ3) is 5.54. The molecule has 2 heterocycles. The molecule has 1 aromatic rings. The minimum atomic E-state index is -0.00405. The number of hydrogen-bond acceptors (Lipinski definition) is 4. The Morgan fingerprint density at radius 1 is 1.28 bits per heavy atom. The lowest BCUT2D eigenvalue weighted by molar-refractivity contribution is 0.0679. The maximum atomic E-state index is 12.4. The average molecular weight is 365 g/mol. The first kappa shape index (κ1) is 18.4. The molecule has 2 saturated heterocycles. The van der Waals surface area contributed by atoms with E-state index in [0.29, 0.717) is 6.61 Å². The smallest absolute Gasteiger partial charge is 0.321 e. The van der Waals surface area contributed by atoms with Crippen LogP contribution in [0.3, 0.4) is 0 Å². The zero-order valence-electron chi connectivity index (χ0n) is 14.9. The standard InChI is InChI=1S/C19H28N2O3S/c1-25-14-15-8-10-21(11-9-15)19(22)20-16-4-6-17(7-5-16)24-13-18-3-2-12-23-18/h4-7,15,18H,2-3,8-14H2,1H3,(H,20,22)/t18-/m0/s1. The van der Waals surface area contributed by atoms with E-state index >= 15 is 0 Å². The second kappa shape index (κ2) is 9.34. The first-order valence-corrected chi connectivity index (χ1v) is 10.5.